The molecule has 0 radical (unpaired) electrons. The summed E-state index contributed by atoms with van der Waals surface area (Å²) in [5.41, 5.74) is 5.48. The zero-order valence-corrected chi connectivity index (χ0v) is 12.5. The number of hydrogen-bond donors (Lipinski definition) is 2. The first kappa shape index (κ1) is 15.2. The summed E-state index contributed by atoms with van der Waals surface area (Å²) in [6.07, 6.45) is 0. The number of carbonyl (C=O) groups is 1. The molecule has 0 aliphatic rings. The number of nitro benzene ring substituents is 1. The van der Waals surface area contributed by atoms with E-state index in [2.05, 4.69) is 15.5 Å². The molecular weight excluding hydrogens is 314 g/mol. The maximum absolute atomic E-state index is 12.1. The molecule has 0 unspecified atom stereocenters. The van der Waals surface area contributed by atoms with E-state index in [4.69, 9.17) is 5.73 Å². The van der Waals surface area contributed by atoms with Crippen molar-refractivity contribution in [3.05, 3.63) is 34.4 Å². The van der Waals surface area contributed by atoms with Gasteiger partial charge in [0.1, 0.15) is 5.69 Å². The van der Waals surface area contributed by atoms with Crippen LogP contribution in [-0.2, 0) is 4.79 Å². The van der Waals surface area contributed by atoms with E-state index in [0.717, 1.165) is 0 Å². The zero-order chi connectivity index (χ0) is 15.4. The number of anilines is 2. The first-order chi connectivity index (χ1) is 9.97. The summed E-state index contributed by atoms with van der Waals surface area (Å²) in [5, 5.41) is 20.7. The highest BCUT2D eigenvalue weighted by molar-refractivity contribution is 8.02. The lowest BCUT2D eigenvalue weighted by Gasteiger charge is -2.10. The van der Waals surface area contributed by atoms with Crippen LogP contribution in [0.4, 0.5) is 16.5 Å². The van der Waals surface area contributed by atoms with E-state index in [0.29, 0.717) is 9.47 Å². The topological polar surface area (TPSA) is 124 Å². The Morgan fingerprint density at radius 3 is 2.81 bits per heavy atom. The smallest absolute Gasteiger partial charge is 0.292 e. The molecule has 0 aliphatic heterocycles. The minimum atomic E-state index is -0.543. The number of nitro groups is 1. The fourth-order valence-corrected chi connectivity index (χ4v) is 3.23. The van der Waals surface area contributed by atoms with E-state index in [-0.39, 0.29) is 17.3 Å². The van der Waals surface area contributed by atoms with Crippen LogP contribution >= 0.6 is 23.1 Å². The van der Waals surface area contributed by atoms with E-state index in [9.17, 15) is 14.9 Å². The third-order valence-corrected chi connectivity index (χ3v) is 4.36. The van der Waals surface area contributed by atoms with Gasteiger partial charge in [0, 0.05) is 6.07 Å². The molecule has 10 heteroatoms. The van der Waals surface area contributed by atoms with E-state index in [1.807, 2.05) is 0 Å². The molecule has 2 aromatic rings. The third kappa shape index (κ3) is 3.89. The summed E-state index contributed by atoms with van der Waals surface area (Å²) < 4.78 is 0.567. The lowest BCUT2D eigenvalue weighted by Crippen LogP contribution is -2.22. The van der Waals surface area contributed by atoms with Gasteiger partial charge < -0.3 is 11.1 Å². The largest absolute Gasteiger partial charge is 0.374 e. The minimum Gasteiger partial charge on any atom is -0.374 e. The number of thioether (sulfide) groups is 1. The molecule has 8 nitrogen and oxygen atoms in total. The molecule has 2 rings (SSSR count). The molecular formula is C11H11N5O3S2. The van der Waals surface area contributed by atoms with E-state index in [1.165, 1.54) is 41.3 Å². The lowest BCUT2D eigenvalue weighted by atomic mass is 10.2. The van der Waals surface area contributed by atoms with Gasteiger partial charge in [0.2, 0.25) is 11.0 Å². The van der Waals surface area contributed by atoms with Gasteiger partial charge in [0.15, 0.2) is 4.34 Å². The molecule has 1 amide bonds. The van der Waals surface area contributed by atoms with Crippen LogP contribution < -0.4 is 11.1 Å². The van der Waals surface area contributed by atoms with Crippen LogP contribution in [0.5, 0.6) is 0 Å². The Kier molecular flexibility index (Phi) is 4.70. The number of nitrogen functional groups attached to an aromatic ring is 1. The van der Waals surface area contributed by atoms with Gasteiger partial charge in [0.25, 0.3) is 5.69 Å². The van der Waals surface area contributed by atoms with Crippen molar-refractivity contribution in [3.63, 3.8) is 0 Å². The summed E-state index contributed by atoms with van der Waals surface area (Å²) >= 11 is 2.37. The normalized spacial score (nSPS) is 11.9. The number of nitrogens with two attached hydrogens (primary N) is 1. The molecule has 110 valence electrons. The Labute approximate surface area is 127 Å². The summed E-state index contributed by atoms with van der Waals surface area (Å²) in [4.78, 5) is 22.4. The quantitative estimate of drug-likeness (QED) is 0.490. The summed E-state index contributed by atoms with van der Waals surface area (Å²) in [6.45, 7) is 1.67. The van der Waals surface area contributed by atoms with Crippen LogP contribution in [0.3, 0.4) is 0 Å². The number of aromatic nitrogens is 2. The van der Waals surface area contributed by atoms with Crippen molar-refractivity contribution in [1.29, 1.82) is 0 Å². The molecule has 1 aromatic carbocycles. The van der Waals surface area contributed by atoms with Crippen LogP contribution in [0.15, 0.2) is 28.6 Å². The minimum absolute atomic E-state index is 0.150. The Morgan fingerprint density at radius 2 is 2.19 bits per heavy atom. The maximum Gasteiger partial charge on any atom is 0.292 e. The van der Waals surface area contributed by atoms with Gasteiger partial charge in [-0.3, -0.25) is 14.9 Å². The van der Waals surface area contributed by atoms with Gasteiger partial charge in [-0.15, -0.1) is 10.2 Å². The van der Waals surface area contributed by atoms with Crippen molar-refractivity contribution in [2.24, 2.45) is 0 Å². The van der Waals surface area contributed by atoms with Gasteiger partial charge in [-0.05, 0) is 13.0 Å². The first-order valence-electron chi connectivity index (χ1n) is 5.77. The van der Waals surface area contributed by atoms with Crippen molar-refractivity contribution in [2.75, 3.05) is 11.1 Å². The Hall–Kier alpha value is -2.20. The molecule has 1 atom stereocenters. The monoisotopic (exact) mass is 325 g/mol. The van der Waals surface area contributed by atoms with Crippen LogP contribution in [0.2, 0.25) is 0 Å². The molecule has 0 saturated heterocycles. The molecule has 1 aromatic heterocycles. The van der Waals surface area contributed by atoms with Gasteiger partial charge in [-0.25, -0.2) is 0 Å². The Bertz CT molecular complexity index is 675. The standard InChI is InChI=1S/C11H11N5O3S2/c1-6(20-11-15-14-10(12)21-11)9(17)13-7-4-2-3-5-8(7)16(18)19/h2-6H,1H3,(H2,12,14)(H,13,17)/t6-/m0/s1. The SMILES string of the molecule is C[C@H](Sc1nnc(N)s1)C(=O)Nc1ccccc1[N+](=O)[O-]. The van der Waals surface area contributed by atoms with Gasteiger partial charge >= 0.3 is 0 Å². The maximum atomic E-state index is 12.1. The Balaban J connectivity index is 2.05. The molecule has 0 fully saturated rings. The molecule has 3 N–H and O–H groups in total. The van der Waals surface area contributed by atoms with Crippen LogP contribution in [0, 0.1) is 10.1 Å². The highest BCUT2D eigenvalue weighted by Gasteiger charge is 2.20. The molecule has 0 saturated carbocycles. The molecule has 21 heavy (non-hydrogen) atoms. The van der Waals surface area contributed by atoms with Crippen molar-refractivity contribution < 1.29 is 9.72 Å². The number of para-hydroxylation sites is 2. The van der Waals surface area contributed by atoms with Crippen molar-refractivity contribution in [1.82, 2.24) is 10.2 Å². The fraction of sp³-hybridized carbons (Fsp3) is 0.182. The van der Waals surface area contributed by atoms with Crippen molar-refractivity contribution in [2.45, 2.75) is 16.5 Å². The van der Waals surface area contributed by atoms with Gasteiger partial charge in [0.05, 0.1) is 10.2 Å². The molecule has 1 heterocycles. The highest BCUT2D eigenvalue weighted by atomic mass is 32.2. The van der Waals surface area contributed by atoms with Crippen molar-refractivity contribution >= 4 is 45.5 Å². The van der Waals surface area contributed by atoms with E-state index in [1.54, 1.807) is 13.0 Å². The fourth-order valence-electron chi connectivity index (χ4n) is 1.45. The van der Waals surface area contributed by atoms with Crippen molar-refractivity contribution in [3.8, 4) is 0 Å². The summed E-state index contributed by atoms with van der Waals surface area (Å²) in [5.74, 6) is -0.358. The number of benzene rings is 1. The second-order valence-corrected chi connectivity index (χ2v) is 6.53. The second-order valence-electron chi connectivity index (χ2n) is 3.93. The number of hydrogen-bond acceptors (Lipinski definition) is 8. The number of nitrogens with one attached hydrogen (secondary N) is 1. The lowest BCUT2D eigenvalue weighted by molar-refractivity contribution is -0.383. The summed E-state index contributed by atoms with van der Waals surface area (Å²) in [6, 6.07) is 5.97. The van der Waals surface area contributed by atoms with Gasteiger partial charge in [-0.2, -0.15) is 0 Å². The number of amides is 1. The van der Waals surface area contributed by atoms with E-state index >= 15 is 0 Å². The first-order valence-corrected chi connectivity index (χ1v) is 7.47. The van der Waals surface area contributed by atoms with E-state index < -0.39 is 10.2 Å². The highest BCUT2D eigenvalue weighted by Crippen LogP contribution is 2.29. The average Bonchev–Trinajstić information content (AvgIpc) is 2.84. The van der Waals surface area contributed by atoms with Gasteiger partial charge in [-0.1, -0.05) is 35.2 Å². The van der Waals surface area contributed by atoms with Crippen LogP contribution in [-0.4, -0.2) is 26.3 Å². The average molecular weight is 325 g/mol. The zero-order valence-electron chi connectivity index (χ0n) is 10.8. The second kappa shape index (κ2) is 6.50. The molecule has 0 spiro atoms. The number of rotatable bonds is 5. The molecule has 0 aliphatic carbocycles. The van der Waals surface area contributed by atoms with Crippen LogP contribution in [0.25, 0.3) is 0 Å². The van der Waals surface area contributed by atoms with Crippen LogP contribution in [0.1, 0.15) is 6.92 Å². The predicted octanol–water partition coefficient (Wildman–Crippen LogP) is 2.15. The Morgan fingerprint density at radius 1 is 1.48 bits per heavy atom. The molecule has 0 bridgehead atoms. The summed E-state index contributed by atoms with van der Waals surface area (Å²) in [7, 11) is 0. The number of nitrogens with zero attached hydrogens (tertiary/aromatic N) is 3. The number of carbonyl (C=O) groups excluding carboxylic acids is 1. The predicted molar refractivity (Wildman–Crippen MR) is 81.4 cm³/mol. The third-order valence-electron chi connectivity index (χ3n) is 2.43.